The maximum absolute atomic E-state index is 12.1. The van der Waals surface area contributed by atoms with Crippen molar-refractivity contribution in [2.45, 2.75) is 13.0 Å². The summed E-state index contributed by atoms with van der Waals surface area (Å²) in [5, 5.41) is 24.9. The Morgan fingerprint density at radius 1 is 1.14 bits per heavy atom. The van der Waals surface area contributed by atoms with Gasteiger partial charge in [0.25, 0.3) is 11.6 Å². The fraction of sp³-hybridized carbons (Fsp3) is 0.267. The van der Waals surface area contributed by atoms with Crippen LogP contribution in [0.5, 0.6) is 0 Å². The van der Waals surface area contributed by atoms with Gasteiger partial charge in [-0.1, -0.05) is 0 Å². The molecule has 0 aliphatic carbocycles. The average Bonchev–Trinajstić information content (AvgIpc) is 2.66. The summed E-state index contributed by atoms with van der Waals surface area (Å²) in [7, 11) is 1.49. The number of hydrazine groups is 1. The van der Waals surface area contributed by atoms with Crippen LogP contribution in [-0.2, 0) is 4.74 Å². The molecule has 3 N–H and O–H groups in total. The fourth-order valence-electron chi connectivity index (χ4n) is 2.20. The molecule has 0 saturated carbocycles. The lowest BCUT2D eigenvalue weighted by atomic mass is 10.2. The second-order valence-electron chi connectivity index (χ2n) is 5.56. The number of non-ortho nitro benzene ring substituents is 1. The summed E-state index contributed by atoms with van der Waals surface area (Å²) in [5.74, 6) is -0.941. The van der Waals surface area contributed by atoms with Gasteiger partial charge in [-0.25, -0.2) is 9.97 Å². The number of hydrogen-bond acceptors (Lipinski definition) is 10. The summed E-state index contributed by atoms with van der Waals surface area (Å²) < 4.78 is 4.97. The Hall–Kier alpha value is -3.87. The second kappa shape index (κ2) is 9.18. The van der Waals surface area contributed by atoms with Crippen molar-refractivity contribution in [1.82, 2.24) is 15.4 Å². The van der Waals surface area contributed by atoms with Crippen molar-refractivity contribution < 1.29 is 19.4 Å². The Kier molecular flexibility index (Phi) is 6.70. The lowest BCUT2D eigenvalue weighted by Gasteiger charge is -2.14. The Morgan fingerprint density at radius 3 is 2.36 bits per heavy atom. The average molecular weight is 391 g/mol. The molecule has 0 saturated heterocycles. The van der Waals surface area contributed by atoms with Crippen LogP contribution in [0.3, 0.4) is 0 Å². The summed E-state index contributed by atoms with van der Waals surface area (Å²) >= 11 is 0. The number of aromatic nitrogens is 2. The Balaban J connectivity index is 2.15. The quantitative estimate of drug-likeness (QED) is 0.419. The molecule has 28 heavy (non-hydrogen) atoms. The van der Waals surface area contributed by atoms with Crippen molar-refractivity contribution in [2.75, 3.05) is 24.5 Å². The zero-order valence-corrected chi connectivity index (χ0v) is 14.9. The van der Waals surface area contributed by atoms with Crippen LogP contribution in [0.4, 0.5) is 23.0 Å². The third-order valence-electron chi connectivity index (χ3n) is 3.44. The van der Waals surface area contributed by atoms with Gasteiger partial charge < -0.3 is 10.1 Å². The number of anilines is 2. The molecule has 1 unspecified atom stereocenters. The van der Waals surface area contributed by atoms with Crippen molar-refractivity contribution in [2.24, 2.45) is 0 Å². The van der Waals surface area contributed by atoms with Gasteiger partial charge in [0.15, 0.2) is 0 Å². The monoisotopic (exact) mass is 391 g/mol. The highest BCUT2D eigenvalue weighted by molar-refractivity contribution is 5.95. The van der Waals surface area contributed by atoms with E-state index in [0.717, 1.165) is 6.33 Å². The minimum Gasteiger partial charge on any atom is -0.383 e. The SMILES string of the molecule is COCC(C)Nc1ncnc(NNC(=O)c2ccc([N+](=O)[O-])cc2)c1[N+](=O)[O-]. The molecular weight excluding hydrogens is 374 g/mol. The van der Waals surface area contributed by atoms with Crippen LogP contribution in [0.1, 0.15) is 17.3 Å². The molecule has 2 aromatic rings. The molecule has 2 rings (SSSR count). The first-order valence-corrected chi connectivity index (χ1v) is 7.89. The number of carbonyl (C=O) groups is 1. The standard InChI is InChI=1S/C15H17N7O6/c1-9(7-28-2)18-13-12(22(26)27)14(17-8-16-13)19-20-15(23)10-3-5-11(6-4-10)21(24)25/h3-6,8-9H,7H2,1-2H3,(H,20,23)(H2,16,17,18,19). The van der Waals surface area contributed by atoms with Crippen LogP contribution >= 0.6 is 0 Å². The highest BCUT2D eigenvalue weighted by atomic mass is 16.6. The van der Waals surface area contributed by atoms with Gasteiger partial charge >= 0.3 is 5.69 Å². The molecule has 0 fully saturated rings. The van der Waals surface area contributed by atoms with Crippen LogP contribution in [0, 0.1) is 20.2 Å². The third-order valence-corrected chi connectivity index (χ3v) is 3.44. The first kappa shape index (κ1) is 20.4. The minimum atomic E-state index is -0.692. The van der Waals surface area contributed by atoms with Crippen molar-refractivity contribution in [3.05, 3.63) is 56.4 Å². The Bertz CT molecular complexity index is 874. The van der Waals surface area contributed by atoms with Gasteiger partial charge in [-0.05, 0) is 19.1 Å². The molecule has 0 radical (unpaired) electrons. The second-order valence-corrected chi connectivity index (χ2v) is 5.56. The van der Waals surface area contributed by atoms with E-state index in [2.05, 4.69) is 26.1 Å². The summed E-state index contributed by atoms with van der Waals surface area (Å²) in [5.41, 5.74) is 4.12. The van der Waals surface area contributed by atoms with Gasteiger partial charge in [0.2, 0.25) is 11.6 Å². The first-order chi connectivity index (χ1) is 13.3. The number of rotatable bonds is 9. The van der Waals surface area contributed by atoms with Crippen LogP contribution in [-0.4, -0.2) is 45.5 Å². The summed E-state index contributed by atoms with van der Waals surface area (Å²) in [6, 6.07) is 4.58. The van der Waals surface area contributed by atoms with Crippen molar-refractivity contribution in [3.63, 3.8) is 0 Å². The number of methoxy groups -OCH3 is 1. The molecule has 1 aromatic carbocycles. The molecule has 0 bridgehead atoms. The molecule has 0 aliphatic rings. The van der Waals surface area contributed by atoms with Gasteiger partial charge in [-0.15, -0.1) is 0 Å². The Labute approximate surface area is 158 Å². The summed E-state index contributed by atoms with van der Waals surface area (Å²) in [6.45, 7) is 2.04. The molecule has 1 heterocycles. The van der Waals surface area contributed by atoms with Gasteiger partial charge in [0.05, 0.1) is 16.5 Å². The highest BCUT2D eigenvalue weighted by Gasteiger charge is 2.24. The zero-order valence-electron chi connectivity index (χ0n) is 14.9. The van der Waals surface area contributed by atoms with Crippen molar-refractivity contribution in [3.8, 4) is 0 Å². The molecule has 1 aromatic heterocycles. The van der Waals surface area contributed by atoms with E-state index in [9.17, 15) is 25.0 Å². The van der Waals surface area contributed by atoms with E-state index in [1.54, 1.807) is 6.92 Å². The number of benzene rings is 1. The van der Waals surface area contributed by atoms with Gasteiger partial charge in [-0.2, -0.15) is 0 Å². The molecular formula is C15H17N7O6. The van der Waals surface area contributed by atoms with E-state index < -0.39 is 21.4 Å². The number of nitrogens with one attached hydrogen (secondary N) is 3. The maximum atomic E-state index is 12.1. The number of nitro benzene ring substituents is 1. The number of carbonyl (C=O) groups excluding carboxylic acids is 1. The summed E-state index contributed by atoms with van der Waals surface area (Å²) in [4.78, 5) is 40.6. The molecule has 0 spiro atoms. The first-order valence-electron chi connectivity index (χ1n) is 7.89. The lowest BCUT2D eigenvalue weighted by Crippen LogP contribution is -2.30. The molecule has 148 valence electrons. The predicted octanol–water partition coefficient (Wildman–Crippen LogP) is 1.50. The molecule has 1 amide bonds. The van der Waals surface area contributed by atoms with Gasteiger partial charge in [0.1, 0.15) is 6.33 Å². The van der Waals surface area contributed by atoms with E-state index in [-0.39, 0.29) is 28.9 Å². The van der Waals surface area contributed by atoms with E-state index in [1.165, 1.54) is 31.4 Å². The minimum absolute atomic E-state index is 0.0448. The van der Waals surface area contributed by atoms with Crippen LogP contribution in [0.15, 0.2) is 30.6 Å². The molecule has 0 aliphatic heterocycles. The van der Waals surface area contributed by atoms with Crippen LogP contribution in [0.2, 0.25) is 0 Å². The van der Waals surface area contributed by atoms with Crippen LogP contribution in [0.25, 0.3) is 0 Å². The number of hydrogen-bond donors (Lipinski definition) is 3. The lowest BCUT2D eigenvalue weighted by molar-refractivity contribution is -0.384. The third kappa shape index (κ3) is 5.07. The summed E-state index contributed by atoms with van der Waals surface area (Å²) in [6.07, 6.45) is 1.09. The zero-order chi connectivity index (χ0) is 20.7. The highest BCUT2D eigenvalue weighted by Crippen LogP contribution is 2.28. The molecule has 13 heteroatoms. The smallest absolute Gasteiger partial charge is 0.354 e. The predicted molar refractivity (Wildman–Crippen MR) is 97.8 cm³/mol. The van der Waals surface area contributed by atoms with Crippen molar-refractivity contribution in [1.29, 1.82) is 0 Å². The molecule has 13 nitrogen and oxygen atoms in total. The fourth-order valence-corrected chi connectivity index (χ4v) is 2.20. The van der Waals surface area contributed by atoms with Gasteiger partial charge in [-0.3, -0.25) is 35.9 Å². The van der Waals surface area contributed by atoms with Crippen LogP contribution < -0.4 is 16.2 Å². The van der Waals surface area contributed by atoms with Crippen molar-refractivity contribution >= 4 is 28.9 Å². The largest absolute Gasteiger partial charge is 0.383 e. The normalized spacial score (nSPS) is 11.4. The van der Waals surface area contributed by atoms with E-state index in [4.69, 9.17) is 4.74 Å². The topological polar surface area (TPSA) is 174 Å². The Morgan fingerprint density at radius 2 is 1.79 bits per heavy atom. The van der Waals surface area contributed by atoms with E-state index in [0.29, 0.717) is 6.61 Å². The number of ether oxygens (including phenoxy) is 1. The molecule has 1 atom stereocenters. The number of amides is 1. The van der Waals surface area contributed by atoms with E-state index in [1.807, 2.05) is 0 Å². The number of nitro groups is 2. The number of nitrogens with zero attached hydrogens (tertiary/aromatic N) is 4. The van der Waals surface area contributed by atoms with Gasteiger partial charge in [0, 0.05) is 30.8 Å². The van der Waals surface area contributed by atoms with E-state index >= 15 is 0 Å². The maximum Gasteiger partial charge on any atom is 0.354 e.